The van der Waals surface area contributed by atoms with E-state index in [0.29, 0.717) is 17.2 Å². The fourth-order valence-corrected chi connectivity index (χ4v) is 1.61. The zero-order valence-corrected chi connectivity index (χ0v) is 10.6. The van der Waals surface area contributed by atoms with Crippen molar-refractivity contribution in [3.8, 4) is 11.5 Å². The van der Waals surface area contributed by atoms with Crippen LogP contribution < -0.4 is 10.5 Å². The second kappa shape index (κ2) is 5.29. The Balaban J connectivity index is 2.28. The number of benzene rings is 1. The highest BCUT2D eigenvalue weighted by molar-refractivity contribution is 7.80. The Kier molecular flexibility index (Phi) is 3.74. The van der Waals surface area contributed by atoms with Gasteiger partial charge in [-0.15, -0.1) is 0 Å². The number of ether oxygens (including phenoxy) is 1. The van der Waals surface area contributed by atoms with E-state index < -0.39 is 5.82 Å². The van der Waals surface area contributed by atoms with Crippen molar-refractivity contribution in [2.45, 2.75) is 0 Å². The molecule has 0 bridgehead atoms. The maximum Gasteiger partial charge on any atom is 0.146 e. The summed E-state index contributed by atoms with van der Waals surface area (Å²) in [4.78, 5) is 4.15. The first kappa shape index (κ1) is 12.7. The van der Waals surface area contributed by atoms with Crippen molar-refractivity contribution >= 4 is 28.8 Å². The smallest absolute Gasteiger partial charge is 0.146 e. The molecule has 0 saturated heterocycles. The van der Waals surface area contributed by atoms with Gasteiger partial charge in [0.25, 0.3) is 0 Å². The second-order valence-electron chi connectivity index (χ2n) is 3.42. The third-order valence-corrected chi connectivity index (χ3v) is 2.61. The number of hydrogen-bond acceptors (Lipinski definition) is 3. The van der Waals surface area contributed by atoms with Crippen molar-refractivity contribution in [2.24, 2.45) is 5.73 Å². The first-order valence-electron chi connectivity index (χ1n) is 4.95. The number of hydrogen-bond donors (Lipinski definition) is 1. The number of aromatic nitrogens is 1. The molecule has 18 heavy (non-hydrogen) atoms. The maximum atomic E-state index is 12.9. The number of thiocarbonyl (C=S) groups is 1. The van der Waals surface area contributed by atoms with Gasteiger partial charge in [-0.2, -0.15) is 0 Å². The Morgan fingerprint density at radius 3 is 2.78 bits per heavy atom. The Labute approximate surface area is 113 Å². The van der Waals surface area contributed by atoms with E-state index in [2.05, 4.69) is 4.98 Å². The van der Waals surface area contributed by atoms with Gasteiger partial charge in [-0.25, -0.2) is 4.39 Å². The Bertz CT molecular complexity index is 606. The van der Waals surface area contributed by atoms with Crippen LogP contribution in [0.25, 0.3) is 0 Å². The van der Waals surface area contributed by atoms with Crippen molar-refractivity contribution in [1.29, 1.82) is 0 Å². The molecular weight excluding hydrogens is 275 g/mol. The van der Waals surface area contributed by atoms with Crippen LogP contribution in [0.5, 0.6) is 11.5 Å². The van der Waals surface area contributed by atoms with E-state index in [4.69, 9.17) is 34.3 Å². The van der Waals surface area contributed by atoms with Gasteiger partial charge in [0.2, 0.25) is 0 Å². The van der Waals surface area contributed by atoms with Crippen molar-refractivity contribution in [3.63, 3.8) is 0 Å². The van der Waals surface area contributed by atoms with Gasteiger partial charge in [-0.05, 0) is 24.3 Å². The Hall–Kier alpha value is -1.72. The molecule has 0 aliphatic heterocycles. The van der Waals surface area contributed by atoms with E-state index in [1.807, 2.05) is 0 Å². The fourth-order valence-electron chi connectivity index (χ4n) is 1.29. The van der Waals surface area contributed by atoms with E-state index >= 15 is 0 Å². The predicted octanol–water partition coefficient (Wildman–Crippen LogP) is 3.30. The molecule has 0 unspecified atom stereocenters. The Morgan fingerprint density at radius 1 is 1.33 bits per heavy atom. The van der Waals surface area contributed by atoms with Crippen LogP contribution in [0.2, 0.25) is 5.02 Å². The zero-order chi connectivity index (χ0) is 13.1. The molecule has 6 heteroatoms. The number of nitrogens with two attached hydrogens (primary N) is 1. The van der Waals surface area contributed by atoms with Gasteiger partial charge in [0, 0.05) is 12.3 Å². The van der Waals surface area contributed by atoms with Gasteiger partial charge in [-0.3, -0.25) is 4.98 Å². The largest absolute Gasteiger partial charge is 0.456 e. The lowest BCUT2D eigenvalue weighted by Crippen LogP contribution is -2.11. The molecule has 1 heterocycles. The van der Waals surface area contributed by atoms with Crippen LogP contribution in [0.4, 0.5) is 4.39 Å². The summed E-state index contributed by atoms with van der Waals surface area (Å²) in [6.45, 7) is 0. The first-order valence-corrected chi connectivity index (χ1v) is 5.73. The van der Waals surface area contributed by atoms with Crippen molar-refractivity contribution < 1.29 is 9.13 Å². The molecule has 0 aliphatic carbocycles. The molecule has 0 amide bonds. The molecule has 2 aromatic rings. The fraction of sp³-hybridized carbons (Fsp3) is 0. The number of halogens is 2. The van der Waals surface area contributed by atoms with Gasteiger partial charge >= 0.3 is 0 Å². The van der Waals surface area contributed by atoms with E-state index in [-0.39, 0.29) is 10.0 Å². The molecule has 0 spiro atoms. The monoisotopic (exact) mass is 282 g/mol. The van der Waals surface area contributed by atoms with Crippen molar-refractivity contribution in [1.82, 2.24) is 4.98 Å². The molecule has 92 valence electrons. The van der Waals surface area contributed by atoms with E-state index in [1.165, 1.54) is 24.4 Å². The molecule has 1 aromatic carbocycles. The third-order valence-electron chi connectivity index (χ3n) is 2.11. The quantitative estimate of drug-likeness (QED) is 0.878. The number of nitrogens with zero attached hydrogens (tertiary/aromatic N) is 1. The predicted molar refractivity (Wildman–Crippen MR) is 71.6 cm³/mol. The average Bonchev–Trinajstić information content (AvgIpc) is 2.33. The van der Waals surface area contributed by atoms with E-state index in [9.17, 15) is 4.39 Å². The molecule has 1 aromatic heterocycles. The molecular formula is C12H8ClFN2OS. The Morgan fingerprint density at radius 2 is 2.11 bits per heavy atom. The van der Waals surface area contributed by atoms with Gasteiger partial charge in [0.05, 0.1) is 5.02 Å². The van der Waals surface area contributed by atoms with Gasteiger partial charge in [-0.1, -0.05) is 23.8 Å². The van der Waals surface area contributed by atoms with Crippen LogP contribution in [0.1, 0.15) is 5.69 Å². The zero-order valence-electron chi connectivity index (χ0n) is 9.06. The summed E-state index contributed by atoms with van der Waals surface area (Å²) in [6.07, 6.45) is 1.52. The normalized spacial score (nSPS) is 10.1. The number of rotatable bonds is 3. The summed E-state index contributed by atoms with van der Waals surface area (Å²) in [5, 5.41) is 0.184. The van der Waals surface area contributed by atoms with Crippen LogP contribution in [0.3, 0.4) is 0 Å². The molecule has 0 saturated carbocycles. The third kappa shape index (κ3) is 2.94. The summed E-state index contributed by atoms with van der Waals surface area (Å²) in [5.74, 6) is 0.394. The lowest BCUT2D eigenvalue weighted by atomic mass is 10.3. The van der Waals surface area contributed by atoms with Gasteiger partial charge < -0.3 is 10.5 Å². The highest BCUT2D eigenvalue weighted by atomic mass is 35.5. The molecule has 0 fully saturated rings. The molecule has 0 aliphatic rings. The van der Waals surface area contributed by atoms with Crippen molar-refractivity contribution in [2.75, 3.05) is 0 Å². The van der Waals surface area contributed by atoms with Gasteiger partial charge in [0.1, 0.15) is 28.0 Å². The molecule has 0 atom stereocenters. The van der Waals surface area contributed by atoms with Crippen molar-refractivity contribution in [3.05, 3.63) is 53.1 Å². The van der Waals surface area contributed by atoms with Crippen LogP contribution in [-0.2, 0) is 0 Å². The summed E-state index contributed by atoms with van der Waals surface area (Å²) < 4.78 is 18.4. The lowest BCUT2D eigenvalue weighted by molar-refractivity contribution is 0.480. The van der Waals surface area contributed by atoms with E-state index in [0.717, 1.165) is 0 Å². The molecule has 0 radical (unpaired) electrons. The molecule has 3 nitrogen and oxygen atoms in total. The highest BCUT2D eigenvalue weighted by Crippen LogP contribution is 2.29. The SMILES string of the molecule is NC(=S)c1cc(Oc2ccc(F)cc2Cl)ccn1. The highest BCUT2D eigenvalue weighted by Gasteiger charge is 2.06. The minimum Gasteiger partial charge on any atom is -0.456 e. The lowest BCUT2D eigenvalue weighted by Gasteiger charge is -2.08. The van der Waals surface area contributed by atoms with Crippen LogP contribution in [0.15, 0.2) is 36.5 Å². The first-order chi connectivity index (χ1) is 8.56. The molecule has 2 N–H and O–H groups in total. The maximum absolute atomic E-state index is 12.9. The topological polar surface area (TPSA) is 48.1 Å². The van der Waals surface area contributed by atoms with E-state index in [1.54, 1.807) is 12.1 Å². The van der Waals surface area contributed by atoms with Gasteiger partial charge in [0.15, 0.2) is 0 Å². The number of pyridine rings is 1. The average molecular weight is 283 g/mol. The summed E-state index contributed by atoms with van der Waals surface area (Å²) in [6, 6.07) is 7.09. The van der Waals surface area contributed by atoms with Crippen LogP contribution >= 0.6 is 23.8 Å². The minimum absolute atomic E-state index is 0.172. The standard InChI is InChI=1S/C12H8ClFN2OS/c13-9-5-7(14)1-2-11(9)17-8-3-4-16-10(6-8)12(15)18/h1-6H,(H2,15,18). The minimum atomic E-state index is -0.425. The summed E-state index contributed by atoms with van der Waals surface area (Å²) in [7, 11) is 0. The molecule has 2 rings (SSSR count). The van der Waals surface area contributed by atoms with Crippen LogP contribution in [0, 0.1) is 5.82 Å². The summed E-state index contributed by atoms with van der Waals surface area (Å²) >= 11 is 10.7. The van der Waals surface area contributed by atoms with Crippen LogP contribution in [-0.4, -0.2) is 9.97 Å². The summed E-state index contributed by atoms with van der Waals surface area (Å²) in [5.41, 5.74) is 5.91. The second-order valence-corrected chi connectivity index (χ2v) is 4.26.